The van der Waals surface area contributed by atoms with Crippen LogP contribution in [-0.2, 0) is 16.0 Å². The zero-order valence-electron chi connectivity index (χ0n) is 15.6. The fourth-order valence-corrected chi connectivity index (χ4v) is 3.94. The first-order valence-electron chi connectivity index (χ1n) is 8.71. The molecular formula is C19H24N4O2S. The van der Waals surface area contributed by atoms with Gasteiger partial charge in [-0.05, 0) is 24.5 Å². The lowest BCUT2D eigenvalue weighted by Gasteiger charge is -2.16. The number of benzene rings is 1. The van der Waals surface area contributed by atoms with Gasteiger partial charge in [0, 0.05) is 25.1 Å². The van der Waals surface area contributed by atoms with Gasteiger partial charge in [-0.25, -0.2) is 0 Å². The van der Waals surface area contributed by atoms with Gasteiger partial charge in [0.25, 0.3) is 0 Å². The number of nitrogens with one attached hydrogen (secondary N) is 1. The van der Waals surface area contributed by atoms with Crippen molar-refractivity contribution >= 4 is 34.0 Å². The van der Waals surface area contributed by atoms with Crippen LogP contribution >= 0.6 is 11.3 Å². The smallest absolute Gasteiger partial charge is 0.231 e. The number of rotatable bonds is 4. The number of aryl methyl sites for hydroxylation is 1. The van der Waals surface area contributed by atoms with E-state index in [1.165, 1.54) is 11.3 Å². The van der Waals surface area contributed by atoms with Crippen LogP contribution in [0.4, 0.5) is 10.8 Å². The van der Waals surface area contributed by atoms with Gasteiger partial charge in [-0.3, -0.25) is 9.59 Å². The van der Waals surface area contributed by atoms with Crippen LogP contribution in [0.1, 0.15) is 37.8 Å². The zero-order chi connectivity index (χ0) is 18.9. The molecule has 2 heterocycles. The van der Waals surface area contributed by atoms with Gasteiger partial charge in [0.2, 0.25) is 16.9 Å². The summed E-state index contributed by atoms with van der Waals surface area (Å²) >= 11 is 1.39. The number of hydrogen-bond donors (Lipinski definition) is 1. The van der Waals surface area contributed by atoms with E-state index in [-0.39, 0.29) is 29.6 Å². The largest absolute Gasteiger partial charge is 0.312 e. The molecule has 7 heteroatoms. The van der Waals surface area contributed by atoms with Crippen LogP contribution in [0.5, 0.6) is 0 Å². The molecule has 1 saturated heterocycles. The quantitative estimate of drug-likeness (QED) is 0.892. The first kappa shape index (κ1) is 18.5. The molecule has 2 aromatic rings. The monoisotopic (exact) mass is 372 g/mol. The molecule has 1 aliphatic heterocycles. The molecule has 0 radical (unpaired) electrons. The Morgan fingerprint density at radius 3 is 2.62 bits per heavy atom. The molecule has 0 bridgehead atoms. The molecule has 1 atom stereocenters. The fourth-order valence-electron chi connectivity index (χ4n) is 2.89. The van der Waals surface area contributed by atoms with E-state index in [0.717, 1.165) is 22.7 Å². The van der Waals surface area contributed by atoms with Gasteiger partial charge in [0.05, 0.1) is 5.92 Å². The third-order valence-electron chi connectivity index (χ3n) is 4.22. The number of nitrogens with zero attached hydrogens (tertiary/aromatic N) is 3. The summed E-state index contributed by atoms with van der Waals surface area (Å²) in [6, 6.07) is 7.76. The molecule has 26 heavy (non-hydrogen) atoms. The fraction of sp³-hybridized carbons (Fsp3) is 0.474. The lowest BCUT2D eigenvalue weighted by atomic mass is 9.93. The van der Waals surface area contributed by atoms with Crippen molar-refractivity contribution in [3.63, 3.8) is 0 Å². The lowest BCUT2D eigenvalue weighted by Crippen LogP contribution is -2.28. The number of carbonyl (C=O) groups excluding carboxylic acids is 2. The number of anilines is 2. The molecule has 2 amide bonds. The van der Waals surface area contributed by atoms with E-state index in [2.05, 4.69) is 36.3 Å². The summed E-state index contributed by atoms with van der Waals surface area (Å²) in [7, 11) is 0. The van der Waals surface area contributed by atoms with Gasteiger partial charge < -0.3 is 10.2 Å². The van der Waals surface area contributed by atoms with Crippen LogP contribution in [0, 0.1) is 18.3 Å². The Morgan fingerprint density at radius 1 is 1.27 bits per heavy atom. The molecule has 1 aromatic heterocycles. The highest BCUT2D eigenvalue weighted by Crippen LogP contribution is 2.28. The van der Waals surface area contributed by atoms with Crippen LogP contribution in [-0.4, -0.2) is 28.6 Å². The predicted molar refractivity (Wildman–Crippen MR) is 103 cm³/mol. The van der Waals surface area contributed by atoms with Crippen LogP contribution in [0.25, 0.3) is 0 Å². The molecule has 1 aromatic carbocycles. The summed E-state index contributed by atoms with van der Waals surface area (Å²) < 4.78 is 0. The Hall–Kier alpha value is -2.28. The lowest BCUT2D eigenvalue weighted by molar-refractivity contribution is -0.122. The summed E-state index contributed by atoms with van der Waals surface area (Å²) in [6.07, 6.45) is 1.02. The zero-order valence-corrected chi connectivity index (χ0v) is 16.4. The minimum atomic E-state index is -0.376. The Bertz CT molecular complexity index is 808. The topological polar surface area (TPSA) is 75.2 Å². The van der Waals surface area contributed by atoms with Crippen LogP contribution in [0.3, 0.4) is 0 Å². The molecule has 0 aliphatic carbocycles. The third-order valence-corrected chi connectivity index (χ3v) is 5.06. The van der Waals surface area contributed by atoms with Crippen molar-refractivity contribution in [2.45, 2.75) is 40.5 Å². The Kier molecular flexibility index (Phi) is 5.09. The molecule has 6 nitrogen and oxygen atoms in total. The highest BCUT2D eigenvalue weighted by molar-refractivity contribution is 7.15. The van der Waals surface area contributed by atoms with Crippen LogP contribution in [0.15, 0.2) is 24.3 Å². The number of aromatic nitrogens is 2. The van der Waals surface area contributed by atoms with Crippen LogP contribution in [0.2, 0.25) is 0 Å². The second-order valence-corrected chi connectivity index (χ2v) is 9.03. The first-order valence-corrected chi connectivity index (χ1v) is 9.53. The number of carbonyl (C=O) groups is 2. The Balaban J connectivity index is 1.62. The standard InChI is InChI=1S/C19H24N4O2S/c1-12-5-7-14(8-6-12)23-11-13(9-16(23)24)17(25)20-18-22-21-15(26-18)10-19(2,3)4/h5-8,13H,9-11H2,1-4H3,(H,20,22,25)/t13-/m1/s1. The van der Waals surface area contributed by atoms with E-state index in [4.69, 9.17) is 0 Å². The van der Waals surface area contributed by atoms with Gasteiger partial charge in [-0.2, -0.15) is 0 Å². The normalized spacial score (nSPS) is 17.6. The molecule has 0 unspecified atom stereocenters. The minimum absolute atomic E-state index is 0.0281. The van der Waals surface area contributed by atoms with Gasteiger partial charge in [0.1, 0.15) is 5.01 Å². The van der Waals surface area contributed by atoms with E-state index in [1.54, 1.807) is 4.90 Å². The Labute approximate surface area is 157 Å². The first-order chi connectivity index (χ1) is 12.2. The molecule has 3 rings (SSSR count). The number of hydrogen-bond acceptors (Lipinski definition) is 5. The summed E-state index contributed by atoms with van der Waals surface area (Å²) in [4.78, 5) is 26.5. The highest BCUT2D eigenvalue weighted by Gasteiger charge is 2.35. The summed E-state index contributed by atoms with van der Waals surface area (Å²) in [5.74, 6) is -0.579. The summed E-state index contributed by atoms with van der Waals surface area (Å²) in [5.41, 5.74) is 2.09. The van der Waals surface area contributed by atoms with E-state index in [1.807, 2.05) is 31.2 Å². The van der Waals surface area contributed by atoms with Gasteiger partial charge in [-0.15, -0.1) is 10.2 Å². The van der Waals surface area contributed by atoms with E-state index in [0.29, 0.717) is 11.7 Å². The average molecular weight is 372 g/mol. The van der Waals surface area contributed by atoms with E-state index in [9.17, 15) is 9.59 Å². The summed E-state index contributed by atoms with van der Waals surface area (Å²) in [6.45, 7) is 8.80. The van der Waals surface area contributed by atoms with E-state index < -0.39 is 0 Å². The minimum Gasteiger partial charge on any atom is -0.312 e. The van der Waals surface area contributed by atoms with Gasteiger partial charge in [0.15, 0.2) is 0 Å². The van der Waals surface area contributed by atoms with Crippen LogP contribution < -0.4 is 10.2 Å². The average Bonchev–Trinajstić information content (AvgIpc) is 3.13. The van der Waals surface area contributed by atoms with Crippen molar-refractivity contribution in [1.29, 1.82) is 0 Å². The summed E-state index contributed by atoms with van der Waals surface area (Å²) in [5, 5.41) is 12.4. The van der Waals surface area contributed by atoms with E-state index >= 15 is 0 Å². The Morgan fingerprint density at radius 2 is 1.96 bits per heavy atom. The van der Waals surface area contributed by atoms with Crippen molar-refractivity contribution in [3.8, 4) is 0 Å². The van der Waals surface area contributed by atoms with Gasteiger partial charge in [-0.1, -0.05) is 49.8 Å². The SMILES string of the molecule is Cc1ccc(N2C[C@H](C(=O)Nc3nnc(CC(C)(C)C)s3)CC2=O)cc1. The molecular weight excluding hydrogens is 348 g/mol. The maximum absolute atomic E-state index is 12.5. The molecule has 1 N–H and O–H groups in total. The maximum Gasteiger partial charge on any atom is 0.231 e. The van der Waals surface area contributed by atoms with Crippen molar-refractivity contribution in [3.05, 3.63) is 34.8 Å². The highest BCUT2D eigenvalue weighted by atomic mass is 32.1. The molecule has 0 spiro atoms. The second kappa shape index (κ2) is 7.15. The molecule has 1 aliphatic rings. The van der Waals surface area contributed by atoms with Crippen molar-refractivity contribution in [1.82, 2.24) is 10.2 Å². The molecule has 0 saturated carbocycles. The third kappa shape index (κ3) is 4.46. The van der Waals surface area contributed by atoms with Crippen molar-refractivity contribution < 1.29 is 9.59 Å². The van der Waals surface area contributed by atoms with Gasteiger partial charge >= 0.3 is 0 Å². The molecule has 138 valence electrons. The maximum atomic E-state index is 12.5. The number of amides is 2. The van der Waals surface area contributed by atoms with Crippen molar-refractivity contribution in [2.75, 3.05) is 16.8 Å². The second-order valence-electron chi connectivity index (χ2n) is 7.97. The van der Waals surface area contributed by atoms with Crippen molar-refractivity contribution in [2.24, 2.45) is 11.3 Å². The molecule has 1 fully saturated rings. The predicted octanol–water partition coefficient (Wildman–Crippen LogP) is 3.43.